The minimum absolute atomic E-state index is 0.265. The highest BCUT2D eigenvalue weighted by Crippen LogP contribution is 2.14. The van der Waals surface area contributed by atoms with Crippen LogP contribution in [-0.2, 0) is 0 Å². The second-order valence-corrected chi connectivity index (χ2v) is 5.72. The largest absolute Gasteiger partial charge is 0.311 e. The molecule has 84 valence electrons. The number of nitrogens with zero attached hydrogens (tertiary/aromatic N) is 1. The van der Waals surface area contributed by atoms with Crippen LogP contribution in [0.1, 0.15) is 40.5 Å². The van der Waals surface area contributed by atoms with Crippen LogP contribution < -0.4 is 5.32 Å². The lowest BCUT2D eigenvalue weighted by Crippen LogP contribution is -2.43. The second-order valence-electron chi connectivity index (χ2n) is 5.72. The van der Waals surface area contributed by atoms with E-state index < -0.39 is 0 Å². The Morgan fingerprint density at radius 3 is 2.64 bits per heavy atom. The van der Waals surface area contributed by atoms with E-state index in [-0.39, 0.29) is 5.54 Å². The minimum Gasteiger partial charge on any atom is -0.311 e. The highest BCUT2D eigenvalue weighted by atomic mass is 15.1. The van der Waals surface area contributed by atoms with Crippen LogP contribution in [0.4, 0.5) is 0 Å². The summed E-state index contributed by atoms with van der Waals surface area (Å²) in [5.41, 5.74) is 0.265. The molecule has 14 heavy (non-hydrogen) atoms. The molecule has 1 atom stereocenters. The van der Waals surface area contributed by atoms with E-state index in [0.717, 1.165) is 12.5 Å². The van der Waals surface area contributed by atoms with Gasteiger partial charge in [-0.05, 0) is 46.1 Å². The molecule has 2 heteroatoms. The van der Waals surface area contributed by atoms with E-state index in [0.29, 0.717) is 0 Å². The summed E-state index contributed by atoms with van der Waals surface area (Å²) in [5.74, 6) is 0.901. The van der Waals surface area contributed by atoms with Crippen LogP contribution in [-0.4, -0.2) is 36.6 Å². The summed E-state index contributed by atoms with van der Waals surface area (Å²) in [6, 6.07) is 0. The number of likely N-dealkylation sites (tertiary alicyclic amines) is 1. The molecule has 1 fully saturated rings. The molecule has 0 aliphatic carbocycles. The minimum atomic E-state index is 0.265. The topological polar surface area (TPSA) is 15.3 Å². The monoisotopic (exact) mass is 198 g/mol. The summed E-state index contributed by atoms with van der Waals surface area (Å²) in [5, 5.41) is 3.54. The summed E-state index contributed by atoms with van der Waals surface area (Å²) in [6.07, 6.45) is 2.81. The third-order valence-electron chi connectivity index (χ3n) is 2.82. The van der Waals surface area contributed by atoms with Crippen LogP contribution in [0, 0.1) is 5.92 Å². The van der Waals surface area contributed by atoms with Gasteiger partial charge in [0.15, 0.2) is 0 Å². The molecule has 0 bridgehead atoms. The molecule has 0 aromatic carbocycles. The molecule has 1 heterocycles. The molecule has 0 radical (unpaired) electrons. The second kappa shape index (κ2) is 5.13. The maximum atomic E-state index is 3.54. The summed E-state index contributed by atoms with van der Waals surface area (Å²) in [6.45, 7) is 14.0. The maximum absolute atomic E-state index is 3.54. The fourth-order valence-corrected chi connectivity index (χ4v) is 2.08. The zero-order valence-electron chi connectivity index (χ0n) is 10.3. The van der Waals surface area contributed by atoms with E-state index in [9.17, 15) is 0 Å². The Bertz CT molecular complexity index is 160. The molecular weight excluding hydrogens is 172 g/mol. The molecule has 0 aromatic heterocycles. The van der Waals surface area contributed by atoms with Gasteiger partial charge in [-0.2, -0.15) is 0 Å². The van der Waals surface area contributed by atoms with Crippen molar-refractivity contribution in [2.45, 2.75) is 46.1 Å². The standard InChI is InChI=1S/C12H26N2/c1-11-6-5-8-14(10-11)9-7-13-12(2,3)4/h11,13H,5-10H2,1-4H3/t11-/m0/s1. The van der Waals surface area contributed by atoms with E-state index in [4.69, 9.17) is 0 Å². The first-order valence-corrected chi connectivity index (χ1v) is 5.95. The molecule has 0 aromatic rings. The lowest BCUT2D eigenvalue weighted by Gasteiger charge is -2.32. The fourth-order valence-electron chi connectivity index (χ4n) is 2.08. The van der Waals surface area contributed by atoms with E-state index in [1.165, 1.54) is 32.5 Å². The first kappa shape index (κ1) is 12.0. The van der Waals surface area contributed by atoms with Crippen LogP contribution >= 0.6 is 0 Å². The summed E-state index contributed by atoms with van der Waals surface area (Å²) < 4.78 is 0. The van der Waals surface area contributed by atoms with Crippen LogP contribution in [0.25, 0.3) is 0 Å². The highest BCUT2D eigenvalue weighted by molar-refractivity contribution is 4.74. The smallest absolute Gasteiger partial charge is 0.0107 e. The highest BCUT2D eigenvalue weighted by Gasteiger charge is 2.16. The first-order valence-electron chi connectivity index (χ1n) is 5.95. The van der Waals surface area contributed by atoms with Gasteiger partial charge in [0.25, 0.3) is 0 Å². The van der Waals surface area contributed by atoms with Gasteiger partial charge < -0.3 is 10.2 Å². The molecular formula is C12H26N2. The van der Waals surface area contributed by atoms with Crippen molar-refractivity contribution in [2.24, 2.45) is 5.92 Å². The first-order chi connectivity index (χ1) is 6.47. The van der Waals surface area contributed by atoms with Crippen LogP contribution in [0.15, 0.2) is 0 Å². The predicted octanol–water partition coefficient (Wildman–Crippen LogP) is 2.11. The Labute approximate surface area is 89.1 Å². The van der Waals surface area contributed by atoms with Crippen molar-refractivity contribution in [2.75, 3.05) is 26.2 Å². The normalized spacial score (nSPS) is 25.3. The van der Waals surface area contributed by atoms with E-state index in [1.807, 2.05) is 0 Å². The van der Waals surface area contributed by atoms with Crippen molar-refractivity contribution in [1.29, 1.82) is 0 Å². The SMILES string of the molecule is C[C@H]1CCCN(CCNC(C)(C)C)C1. The molecule has 0 saturated carbocycles. The lowest BCUT2D eigenvalue weighted by molar-refractivity contribution is 0.180. The van der Waals surface area contributed by atoms with Crippen LogP contribution in [0.3, 0.4) is 0 Å². The van der Waals surface area contributed by atoms with Crippen molar-refractivity contribution in [3.63, 3.8) is 0 Å². The van der Waals surface area contributed by atoms with Gasteiger partial charge in [-0.15, -0.1) is 0 Å². The Hall–Kier alpha value is -0.0800. The number of hydrogen-bond acceptors (Lipinski definition) is 2. The number of piperidine rings is 1. The van der Waals surface area contributed by atoms with Gasteiger partial charge in [-0.1, -0.05) is 6.92 Å². The van der Waals surface area contributed by atoms with Gasteiger partial charge >= 0.3 is 0 Å². The van der Waals surface area contributed by atoms with Gasteiger partial charge in [0.1, 0.15) is 0 Å². The van der Waals surface area contributed by atoms with Gasteiger partial charge in [-0.25, -0.2) is 0 Å². The Balaban J connectivity index is 2.12. The van der Waals surface area contributed by atoms with Gasteiger partial charge in [0.05, 0.1) is 0 Å². The van der Waals surface area contributed by atoms with Crippen molar-refractivity contribution in [3.05, 3.63) is 0 Å². The summed E-state index contributed by atoms with van der Waals surface area (Å²) in [7, 11) is 0. The summed E-state index contributed by atoms with van der Waals surface area (Å²) in [4.78, 5) is 2.59. The van der Waals surface area contributed by atoms with Crippen LogP contribution in [0.2, 0.25) is 0 Å². The van der Waals surface area contributed by atoms with E-state index in [1.54, 1.807) is 0 Å². The van der Waals surface area contributed by atoms with Gasteiger partial charge in [0.2, 0.25) is 0 Å². The molecule has 1 aliphatic rings. The summed E-state index contributed by atoms with van der Waals surface area (Å²) >= 11 is 0. The fraction of sp³-hybridized carbons (Fsp3) is 1.00. The third kappa shape index (κ3) is 4.97. The Morgan fingerprint density at radius 1 is 1.36 bits per heavy atom. The molecule has 1 saturated heterocycles. The van der Waals surface area contributed by atoms with Crippen molar-refractivity contribution < 1.29 is 0 Å². The van der Waals surface area contributed by atoms with Crippen LogP contribution in [0.5, 0.6) is 0 Å². The average Bonchev–Trinajstić information content (AvgIpc) is 2.01. The van der Waals surface area contributed by atoms with Crippen molar-refractivity contribution >= 4 is 0 Å². The number of nitrogens with one attached hydrogen (secondary N) is 1. The number of hydrogen-bond donors (Lipinski definition) is 1. The molecule has 2 nitrogen and oxygen atoms in total. The molecule has 0 unspecified atom stereocenters. The lowest BCUT2D eigenvalue weighted by atomic mass is 10.0. The zero-order chi connectivity index (χ0) is 10.6. The van der Waals surface area contributed by atoms with Crippen molar-refractivity contribution in [3.8, 4) is 0 Å². The van der Waals surface area contributed by atoms with E-state index >= 15 is 0 Å². The zero-order valence-corrected chi connectivity index (χ0v) is 10.3. The molecule has 1 N–H and O–H groups in total. The van der Waals surface area contributed by atoms with Gasteiger partial charge in [0, 0.05) is 25.2 Å². The molecule has 1 aliphatic heterocycles. The molecule has 0 spiro atoms. The third-order valence-corrected chi connectivity index (χ3v) is 2.82. The van der Waals surface area contributed by atoms with Crippen molar-refractivity contribution in [1.82, 2.24) is 10.2 Å². The average molecular weight is 198 g/mol. The molecule has 0 amide bonds. The quantitative estimate of drug-likeness (QED) is 0.747. The Kier molecular flexibility index (Phi) is 4.39. The predicted molar refractivity (Wildman–Crippen MR) is 62.6 cm³/mol. The number of rotatable bonds is 3. The Morgan fingerprint density at radius 2 is 2.07 bits per heavy atom. The maximum Gasteiger partial charge on any atom is 0.0107 e. The van der Waals surface area contributed by atoms with Gasteiger partial charge in [-0.3, -0.25) is 0 Å². The molecule has 1 rings (SSSR count). The van der Waals surface area contributed by atoms with E-state index in [2.05, 4.69) is 37.9 Å².